The van der Waals surface area contributed by atoms with E-state index in [1.807, 2.05) is 11.5 Å². The minimum absolute atomic E-state index is 0.184. The molecular formula is C19H21FN2O3. The first-order valence-electron chi connectivity index (χ1n) is 8.91. The first-order valence-corrected chi connectivity index (χ1v) is 8.91. The molecule has 25 heavy (non-hydrogen) atoms. The Labute approximate surface area is 144 Å². The molecule has 0 bridgehead atoms. The summed E-state index contributed by atoms with van der Waals surface area (Å²) in [7, 11) is 0. The van der Waals surface area contributed by atoms with Crippen molar-refractivity contribution in [3.05, 3.63) is 39.4 Å². The van der Waals surface area contributed by atoms with Gasteiger partial charge in [-0.15, -0.1) is 0 Å². The second kappa shape index (κ2) is 5.86. The first kappa shape index (κ1) is 16.1. The summed E-state index contributed by atoms with van der Waals surface area (Å²) in [4.78, 5) is 26.2. The number of benzene rings is 1. The first-order chi connectivity index (χ1) is 12.0. The summed E-state index contributed by atoms with van der Waals surface area (Å²) >= 11 is 0. The van der Waals surface area contributed by atoms with Crippen LogP contribution in [0.1, 0.15) is 54.6 Å². The van der Waals surface area contributed by atoms with E-state index in [2.05, 4.69) is 4.90 Å². The Morgan fingerprint density at radius 3 is 2.56 bits per heavy atom. The molecule has 132 valence electrons. The van der Waals surface area contributed by atoms with Gasteiger partial charge in [-0.2, -0.15) is 0 Å². The van der Waals surface area contributed by atoms with Gasteiger partial charge in [0.05, 0.1) is 11.2 Å². The van der Waals surface area contributed by atoms with E-state index in [1.165, 1.54) is 12.3 Å². The zero-order valence-corrected chi connectivity index (χ0v) is 14.2. The van der Waals surface area contributed by atoms with Crippen molar-refractivity contribution in [2.45, 2.75) is 45.1 Å². The molecular weight excluding hydrogens is 323 g/mol. The minimum Gasteiger partial charge on any atom is -0.477 e. The highest BCUT2D eigenvalue weighted by Crippen LogP contribution is 2.40. The Kier molecular flexibility index (Phi) is 3.78. The van der Waals surface area contributed by atoms with Crippen molar-refractivity contribution in [1.82, 2.24) is 4.57 Å². The van der Waals surface area contributed by atoms with Gasteiger partial charge in [-0.3, -0.25) is 4.79 Å². The second-order valence-corrected chi connectivity index (χ2v) is 6.94. The van der Waals surface area contributed by atoms with Crippen LogP contribution in [0.25, 0.3) is 10.9 Å². The molecule has 1 N–H and O–H groups in total. The molecule has 1 aromatic heterocycles. The van der Waals surface area contributed by atoms with E-state index in [0.717, 1.165) is 44.3 Å². The Balaban J connectivity index is 2.10. The molecule has 2 aromatic rings. The Hall–Kier alpha value is -2.37. The number of carboxylic acid groups (broad SMARTS) is 1. The zero-order chi connectivity index (χ0) is 17.7. The van der Waals surface area contributed by atoms with Crippen LogP contribution >= 0.6 is 0 Å². The van der Waals surface area contributed by atoms with Gasteiger partial charge in [0.1, 0.15) is 11.4 Å². The summed E-state index contributed by atoms with van der Waals surface area (Å²) < 4.78 is 16.8. The molecule has 1 aliphatic heterocycles. The Morgan fingerprint density at radius 2 is 2.00 bits per heavy atom. The lowest BCUT2D eigenvalue weighted by Crippen LogP contribution is -2.24. The maximum absolute atomic E-state index is 14.9. The molecule has 0 atom stereocenters. The van der Waals surface area contributed by atoms with E-state index >= 15 is 0 Å². The van der Waals surface area contributed by atoms with E-state index in [9.17, 15) is 19.1 Å². The highest BCUT2D eigenvalue weighted by atomic mass is 19.1. The largest absolute Gasteiger partial charge is 0.477 e. The predicted molar refractivity (Wildman–Crippen MR) is 94.2 cm³/mol. The highest BCUT2D eigenvalue weighted by molar-refractivity contribution is 5.95. The fourth-order valence-electron chi connectivity index (χ4n) is 3.97. The third-order valence-corrected chi connectivity index (χ3v) is 5.29. The van der Waals surface area contributed by atoms with Crippen LogP contribution in [0, 0.1) is 5.82 Å². The van der Waals surface area contributed by atoms with E-state index < -0.39 is 17.2 Å². The van der Waals surface area contributed by atoms with Gasteiger partial charge in [0.2, 0.25) is 5.43 Å². The Bertz CT molecular complexity index is 925. The quantitative estimate of drug-likeness (QED) is 0.924. The van der Waals surface area contributed by atoms with Crippen LogP contribution in [-0.2, 0) is 6.42 Å². The van der Waals surface area contributed by atoms with Crippen molar-refractivity contribution in [1.29, 1.82) is 0 Å². The van der Waals surface area contributed by atoms with Crippen molar-refractivity contribution in [3.8, 4) is 0 Å². The fourth-order valence-corrected chi connectivity index (χ4v) is 3.97. The van der Waals surface area contributed by atoms with Gasteiger partial charge >= 0.3 is 5.97 Å². The molecule has 0 unspecified atom stereocenters. The number of halogens is 1. The number of nitrogens with zero attached hydrogens (tertiary/aromatic N) is 2. The summed E-state index contributed by atoms with van der Waals surface area (Å²) in [6.45, 7) is 3.59. The van der Waals surface area contributed by atoms with Crippen LogP contribution in [-0.4, -0.2) is 28.7 Å². The SMILES string of the molecule is CCc1c(N2CCCC2)c(F)cc2c(=O)c(C(=O)O)cn(C3CC3)c12. The summed E-state index contributed by atoms with van der Waals surface area (Å²) in [5, 5.41) is 9.54. The molecule has 4 rings (SSSR count). The average molecular weight is 344 g/mol. The van der Waals surface area contributed by atoms with Gasteiger partial charge in [0, 0.05) is 36.3 Å². The molecule has 0 radical (unpaired) electrons. The molecule has 1 aromatic carbocycles. The lowest BCUT2D eigenvalue weighted by Gasteiger charge is -2.25. The van der Waals surface area contributed by atoms with Crippen molar-refractivity contribution in [2.24, 2.45) is 0 Å². The summed E-state index contributed by atoms with van der Waals surface area (Å²) in [5.41, 5.74) is 1.24. The third-order valence-electron chi connectivity index (χ3n) is 5.29. The van der Waals surface area contributed by atoms with Crippen molar-refractivity contribution >= 4 is 22.6 Å². The monoisotopic (exact) mass is 344 g/mol. The maximum atomic E-state index is 14.9. The van der Waals surface area contributed by atoms with E-state index in [1.54, 1.807) is 0 Å². The Morgan fingerprint density at radius 1 is 1.32 bits per heavy atom. The van der Waals surface area contributed by atoms with Gasteiger partial charge < -0.3 is 14.6 Å². The lowest BCUT2D eigenvalue weighted by molar-refractivity contribution is 0.0695. The fraction of sp³-hybridized carbons (Fsp3) is 0.474. The number of carboxylic acids is 1. The van der Waals surface area contributed by atoms with Crippen LogP contribution in [0.3, 0.4) is 0 Å². The number of aryl methyl sites for hydroxylation is 1. The van der Waals surface area contributed by atoms with Gasteiger partial charge in [0.25, 0.3) is 0 Å². The van der Waals surface area contributed by atoms with Gasteiger partial charge in [-0.1, -0.05) is 6.92 Å². The number of pyridine rings is 1. The molecule has 2 aliphatic rings. The smallest absolute Gasteiger partial charge is 0.341 e. The van der Waals surface area contributed by atoms with Crippen LogP contribution in [0.4, 0.5) is 10.1 Å². The molecule has 6 heteroatoms. The molecule has 0 amide bonds. The number of fused-ring (bicyclic) bond motifs is 1. The van der Waals surface area contributed by atoms with Crippen LogP contribution in [0.2, 0.25) is 0 Å². The predicted octanol–water partition coefficient (Wildman–Crippen LogP) is 3.34. The van der Waals surface area contributed by atoms with Gasteiger partial charge in [-0.25, -0.2) is 9.18 Å². The lowest BCUT2D eigenvalue weighted by atomic mass is 10.0. The van der Waals surface area contributed by atoms with Crippen molar-refractivity contribution in [2.75, 3.05) is 18.0 Å². The topological polar surface area (TPSA) is 62.5 Å². The second-order valence-electron chi connectivity index (χ2n) is 6.94. The molecule has 2 fully saturated rings. The number of carbonyl (C=O) groups is 1. The van der Waals surface area contributed by atoms with Crippen molar-refractivity contribution < 1.29 is 14.3 Å². The molecule has 1 saturated carbocycles. The molecule has 5 nitrogen and oxygen atoms in total. The summed E-state index contributed by atoms with van der Waals surface area (Å²) in [6, 6.07) is 1.44. The number of aromatic nitrogens is 1. The van der Waals surface area contributed by atoms with Crippen molar-refractivity contribution in [3.63, 3.8) is 0 Å². The van der Waals surface area contributed by atoms with E-state index in [4.69, 9.17) is 0 Å². The number of hydrogen-bond donors (Lipinski definition) is 1. The number of aromatic carboxylic acids is 1. The number of anilines is 1. The number of hydrogen-bond acceptors (Lipinski definition) is 3. The standard InChI is InChI=1S/C19H21FN2O3/c1-2-12-16-13(9-15(20)17(12)21-7-3-4-8-21)18(23)14(19(24)25)10-22(16)11-5-6-11/h9-11H,2-8H2,1H3,(H,24,25). The van der Waals surface area contributed by atoms with Gasteiger partial charge in [-0.05, 0) is 38.2 Å². The highest BCUT2D eigenvalue weighted by Gasteiger charge is 2.30. The average Bonchev–Trinajstić information content (AvgIpc) is 3.29. The molecule has 1 saturated heterocycles. The van der Waals surface area contributed by atoms with E-state index in [-0.39, 0.29) is 17.0 Å². The summed E-state index contributed by atoms with van der Waals surface area (Å²) in [5.74, 6) is -1.68. The zero-order valence-electron chi connectivity index (χ0n) is 14.2. The third kappa shape index (κ3) is 2.51. The minimum atomic E-state index is -1.26. The molecule has 1 aliphatic carbocycles. The van der Waals surface area contributed by atoms with Crippen LogP contribution in [0.5, 0.6) is 0 Å². The normalized spacial score (nSPS) is 17.4. The molecule has 2 heterocycles. The van der Waals surface area contributed by atoms with Crippen LogP contribution in [0.15, 0.2) is 17.1 Å². The molecule has 0 spiro atoms. The van der Waals surface area contributed by atoms with E-state index in [0.29, 0.717) is 17.6 Å². The summed E-state index contributed by atoms with van der Waals surface area (Å²) in [6.07, 6.45) is 6.03. The number of rotatable bonds is 4. The maximum Gasteiger partial charge on any atom is 0.341 e. The van der Waals surface area contributed by atoms with Crippen LogP contribution < -0.4 is 10.3 Å². The van der Waals surface area contributed by atoms with Gasteiger partial charge in [0.15, 0.2) is 0 Å².